The third-order valence-corrected chi connectivity index (χ3v) is 3.56. The van der Waals surface area contributed by atoms with Crippen LogP contribution in [0, 0.1) is 0 Å². The van der Waals surface area contributed by atoms with Gasteiger partial charge >= 0.3 is 0 Å². The lowest BCUT2D eigenvalue weighted by Gasteiger charge is -2.42. The molecule has 104 valence electrons. The molecular formula is C13H17ClN2O3. The van der Waals surface area contributed by atoms with E-state index in [-0.39, 0.29) is 34.9 Å². The number of nitrogens with one attached hydrogen (secondary N) is 1. The van der Waals surface area contributed by atoms with Gasteiger partial charge in [0.05, 0.1) is 17.2 Å². The first-order valence-electron chi connectivity index (χ1n) is 6.19. The number of carbonyl (C=O) groups is 1. The number of aromatic hydroxyl groups is 1. The normalized spacial score (nSPS) is 25.7. The predicted molar refractivity (Wildman–Crippen MR) is 72.4 cm³/mol. The molecule has 0 saturated heterocycles. The van der Waals surface area contributed by atoms with E-state index in [0.717, 1.165) is 6.42 Å². The van der Waals surface area contributed by atoms with Gasteiger partial charge in [-0.25, -0.2) is 0 Å². The van der Waals surface area contributed by atoms with Gasteiger partial charge in [-0.2, -0.15) is 0 Å². The fourth-order valence-electron chi connectivity index (χ4n) is 2.11. The highest BCUT2D eigenvalue weighted by molar-refractivity contribution is 6.32. The molecule has 1 aliphatic rings. The van der Waals surface area contributed by atoms with Crippen molar-refractivity contribution < 1.29 is 14.6 Å². The molecule has 3 unspecified atom stereocenters. The molecule has 6 heteroatoms. The number of nitrogens with two attached hydrogens (primary N) is 1. The Morgan fingerprint density at radius 2 is 2.37 bits per heavy atom. The molecule has 0 heterocycles. The number of rotatable bonds is 4. The first-order chi connectivity index (χ1) is 9.02. The van der Waals surface area contributed by atoms with E-state index >= 15 is 0 Å². The van der Waals surface area contributed by atoms with Crippen molar-refractivity contribution in [3.8, 4) is 5.75 Å². The van der Waals surface area contributed by atoms with Crippen molar-refractivity contribution in [2.75, 3.05) is 6.61 Å². The predicted octanol–water partition coefficient (Wildman–Crippen LogP) is 1.28. The zero-order valence-corrected chi connectivity index (χ0v) is 11.4. The third kappa shape index (κ3) is 3.00. The van der Waals surface area contributed by atoms with Crippen LogP contribution in [0.3, 0.4) is 0 Å². The zero-order chi connectivity index (χ0) is 14.0. The van der Waals surface area contributed by atoms with E-state index in [2.05, 4.69) is 5.32 Å². The van der Waals surface area contributed by atoms with E-state index in [0.29, 0.717) is 12.2 Å². The van der Waals surface area contributed by atoms with Gasteiger partial charge in [0.2, 0.25) is 0 Å². The molecule has 1 aromatic rings. The fourth-order valence-corrected chi connectivity index (χ4v) is 2.29. The van der Waals surface area contributed by atoms with Crippen molar-refractivity contribution in [3.63, 3.8) is 0 Å². The van der Waals surface area contributed by atoms with E-state index in [1.807, 2.05) is 6.92 Å². The molecule has 0 spiro atoms. The number of hydrogen-bond acceptors (Lipinski definition) is 4. The van der Waals surface area contributed by atoms with E-state index in [9.17, 15) is 9.90 Å². The van der Waals surface area contributed by atoms with Crippen LogP contribution >= 0.6 is 11.6 Å². The van der Waals surface area contributed by atoms with Crippen LogP contribution in [-0.4, -0.2) is 35.8 Å². The summed E-state index contributed by atoms with van der Waals surface area (Å²) in [5.74, 6) is -0.322. The Kier molecular flexibility index (Phi) is 4.29. The largest absolute Gasteiger partial charge is 0.506 e. The molecule has 1 aromatic carbocycles. The summed E-state index contributed by atoms with van der Waals surface area (Å²) in [5.41, 5.74) is 6.25. The van der Waals surface area contributed by atoms with Crippen LogP contribution in [0.25, 0.3) is 0 Å². The van der Waals surface area contributed by atoms with Gasteiger partial charge in [0.15, 0.2) is 0 Å². The van der Waals surface area contributed by atoms with Crippen molar-refractivity contribution in [2.45, 2.75) is 31.5 Å². The second-order valence-corrected chi connectivity index (χ2v) is 4.97. The van der Waals surface area contributed by atoms with Crippen LogP contribution in [0.15, 0.2) is 18.2 Å². The summed E-state index contributed by atoms with van der Waals surface area (Å²) in [7, 11) is 0. The van der Waals surface area contributed by atoms with Gasteiger partial charge in [-0.3, -0.25) is 4.79 Å². The Morgan fingerprint density at radius 3 is 2.95 bits per heavy atom. The Bertz CT molecular complexity index is 479. The Labute approximate surface area is 116 Å². The molecule has 4 N–H and O–H groups in total. The second kappa shape index (κ2) is 5.77. The van der Waals surface area contributed by atoms with Crippen molar-refractivity contribution in [2.24, 2.45) is 5.73 Å². The van der Waals surface area contributed by atoms with Gasteiger partial charge < -0.3 is 20.9 Å². The van der Waals surface area contributed by atoms with Gasteiger partial charge in [-0.1, -0.05) is 11.6 Å². The molecule has 0 radical (unpaired) electrons. The molecule has 1 saturated carbocycles. The first kappa shape index (κ1) is 14.1. The number of phenolic OH excluding ortho intramolecular Hbond substituents is 1. The van der Waals surface area contributed by atoms with Crippen LogP contribution in [0.5, 0.6) is 5.75 Å². The van der Waals surface area contributed by atoms with Crippen molar-refractivity contribution >= 4 is 17.5 Å². The standard InChI is InChI=1S/C13H17ClN2O3/c1-2-19-11-6-9(15)12(11)16-13(18)7-3-4-10(17)8(14)5-7/h3-5,9,11-12,17H,2,6,15H2,1H3,(H,16,18). The van der Waals surface area contributed by atoms with Gasteiger partial charge in [0, 0.05) is 18.2 Å². The maximum absolute atomic E-state index is 12.0. The third-order valence-electron chi connectivity index (χ3n) is 3.25. The lowest BCUT2D eigenvalue weighted by Crippen LogP contribution is -2.64. The minimum atomic E-state index is -0.272. The van der Waals surface area contributed by atoms with E-state index in [4.69, 9.17) is 22.1 Å². The average molecular weight is 285 g/mol. The SMILES string of the molecule is CCOC1CC(N)C1NC(=O)c1ccc(O)c(Cl)c1. The van der Waals surface area contributed by atoms with Crippen LogP contribution in [0.1, 0.15) is 23.7 Å². The number of hydrogen-bond donors (Lipinski definition) is 3. The minimum absolute atomic E-state index is 0.0310. The molecule has 1 fully saturated rings. The number of amides is 1. The smallest absolute Gasteiger partial charge is 0.251 e. The molecule has 0 aromatic heterocycles. The molecule has 5 nitrogen and oxygen atoms in total. The first-order valence-corrected chi connectivity index (χ1v) is 6.57. The summed E-state index contributed by atoms with van der Waals surface area (Å²) >= 11 is 5.77. The minimum Gasteiger partial charge on any atom is -0.506 e. The van der Waals surface area contributed by atoms with Crippen molar-refractivity contribution in [1.82, 2.24) is 5.32 Å². The molecule has 0 bridgehead atoms. The highest BCUT2D eigenvalue weighted by Gasteiger charge is 2.40. The van der Waals surface area contributed by atoms with Gasteiger partial charge in [-0.05, 0) is 31.5 Å². The highest BCUT2D eigenvalue weighted by atomic mass is 35.5. The summed E-state index contributed by atoms with van der Waals surface area (Å²) in [4.78, 5) is 12.0. The van der Waals surface area contributed by atoms with Gasteiger partial charge in [0.25, 0.3) is 5.91 Å². The Hall–Kier alpha value is -1.30. The molecule has 2 rings (SSSR count). The van der Waals surface area contributed by atoms with E-state index in [1.165, 1.54) is 18.2 Å². The van der Waals surface area contributed by atoms with Crippen LogP contribution in [0.4, 0.5) is 0 Å². The second-order valence-electron chi connectivity index (χ2n) is 4.56. The van der Waals surface area contributed by atoms with E-state index < -0.39 is 0 Å². The number of halogens is 1. The number of carbonyl (C=O) groups excluding carboxylic acids is 1. The summed E-state index contributed by atoms with van der Waals surface area (Å²) in [5, 5.41) is 12.3. The number of benzene rings is 1. The quantitative estimate of drug-likeness (QED) is 0.778. The lowest BCUT2D eigenvalue weighted by atomic mass is 9.83. The number of phenols is 1. The fraction of sp³-hybridized carbons (Fsp3) is 0.462. The van der Waals surface area contributed by atoms with Crippen molar-refractivity contribution in [3.05, 3.63) is 28.8 Å². The maximum Gasteiger partial charge on any atom is 0.251 e. The summed E-state index contributed by atoms with van der Waals surface area (Å²) < 4.78 is 5.48. The molecule has 1 aliphatic carbocycles. The average Bonchev–Trinajstić information content (AvgIpc) is 2.38. The van der Waals surface area contributed by atoms with Gasteiger partial charge in [-0.15, -0.1) is 0 Å². The Balaban J connectivity index is 2.02. The summed E-state index contributed by atoms with van der Waals surface area (Å²) in [6, 6.07) is 4.05. The Morgan fingerprint density at radius 1 is 1.63 bits per heavy atom. The summed E-state index contributed by atoms with van der Waals surface area (Å²) in [6.07, 6.45) is 0.714. The lowest BCUT2D eigenvalue weighted by molar-refractivity contribution is -0.0300. The van der Waals surface area contributed by atoms with Crippen LogP contribution in [-0.2, 0) is 4.74 Å². The number of ether oxygens (including phenoxy) is 1. The van der Waals surface area contributed by atoms with Crippen LogP contribution in [0.2, 0.25) is 5.02 Å². The molecule has 19 heavy (non-hydrogen) atoms. The summed E-state index contributed by atoms with van der Waals surface area (Å²) in [6.45, 7) is 2.50. The molecule has 1 amide bonds. The molecule has 0 aliphatic heterocycles. The zero-order valence-electron chi connectivity index (χ0n) is 10.6. The van der Waals surface area contributed by atoms with E-state index in [1.54, 1.807) is 0 Å². The maximum atomic E-state index is 12.0. The monoisotopic (exact) mass is 284 g/mol. The molecular weight excluding hydrogens is 268 g/mol. The molecule has 3 atom stereocenters. The highest BCUT2D eigenvalue weighted by Crippen LogP contribution is 2.25. The van der Waals surface area contributed by atoms with Gasteiger partial charge in [0.1, 0.15) is 5.75 Å². The van der Waals surface area contributed by atoms with Crippen molar-refractivity contribution in [1.29, 1.82) is 0 Å². The topological polar surface area (TPSA) is 84.6 Å². The van der Waals surface area contributed by atoms with Crippen LogP contribution < -0.4 is 11.1 Å².